The molecule has 108 valence electrons. The third-order valence-corrected chi connectivity index (χ3v) is 4.02. The summed E-state index contributed by atoms with van der Waals surface area (Å²) in [6, 6.07) is 6.60. The number of benzene rings is 1. The molecule has 0 atom stereocenters. The molecule has 2 N–H and O–H groups in total. The quantitative estimate of drug-likeness (QED) is 0.511. The normalized spacial score (nSPS) is 9.81. The van der Waals surface area contributed by atoms with Crippen LogP contribution in [0.15, 0.2) is 34.1 Å². The summed E-state index contributed by atoms with van der Waals surface area (Å²) in [7, 11) is 0. The van der Waals surface area contributed by atoms with Gasteiger partial charge in [-0.15, -0.1) is 11.3 Å². The number of nitrogens with zero attached hydrogens (tertiary/aromatic N) is 1. The predicted molar refractivity (Wildman–Crippen MR) is 85.4 cm³/mol. The van der Waals surface area contributed by atoms with Crippen molar-refractivity contribution in [2.24, 2.45) is 5.73 Å². The fourth-order valence-electron chi connectivity index (χ4n) is 1.60. The number of hydrogen-bond donors (Lipinski definition) is 1. The first-order valence-electron chi connectivity index (χ1n) is 5.94. The maximum Gasteiger partial charge on any atom is 0.312 e. The van der Waals surface area contributed by atoms with Crippen molar-refractivity contribution < 1.29 is 9.66 Å². The summed E-state index contributed by atoms with van der Waals surface area (Å²) < 4.78 is 6.13. The van der Waals surface area contributed by atoms with Crippen LogP contribution < -0.4 is 10.5 Å². The number of hydrogen-bond acceptors (Lipinski definition) is 5. The van der Waals surface area contributed by atoms with Crippen LogP contribution in [0.1, 0.15) is 10.4 Å². The molecule has 0 aliphatic carbocycles. The summed E-state index contributed by atoms with van der Waals surface area (Å²) in [4.78, 5) is 11.5. The molecule has 0 fully saturated rings. The van der Waals surface area contributed by atoms with Gasteiger partial charge in [-0.05, 0) is 28.1 Å². The van der Waals surface area contributed by atoms with Gasteiger partial charge in [0, 0.05) is 21.9 Å². The third-order valence-electron chi connectivity index (χ3n) is 2.49. The first kappa shape index (κ1) is 15.5. The molecule has 0 saturated carbocycles. The number of halogens is 1. The van der Waals surface area contributed by atoms with Gasteiger partial charge in [-0.2, -0.15) is 0 Å². The number of nitrogens with two attached hydrogens (primary N) is 1. The molecule has 2 rings (SSSR count). The minimum absolute atomic E-state index is 0.0657. The van der Waals surface area contributed by atoms with Crippen molar-refractivity contribution in [2.75, 3.05) is 6.54 Å². The fraction of sp³-hybridized carbons (Fsp3) is 0.143. The molecule has 0 amide bonds. The van der Waals surface area contributed by atoms with Crippen molar-refractivity contribution in [1.82, 2.24) is 0 Å². The monoisotopic (exact) mass is 366 g/mol. The van der Waals surface area contributed by atoms with Crippen LogP contribution in [-0.4, -0.2) is 11.5 Å². The molecule has 1 aromatic heterocycles. The van der Waals surface area contributed by atoms with Gasteiger partial charge in [-0.3, -0.25) is 10.1 Å². The van der Waals surface area contributed by atoms with Crippen LogP contribution in [0.5, 0.6) is 5.75 Å². The van der Waals surface area contributed by atoms with Crippen molar-refractivity contribution in [3.63, 3.8) is 0 Å². The molecule has 1 heterocycles. The van der Waals surface area contributed by atoms with Crippen molar-refractivity contribution in [1.29, 1.82) is 0 Å². The van der Waals surface area contributed by atoms with Crippen molar-refractivity contribution in [3.05, 3.63) is 54.7 Å². The molecule has 21 heavy (non-hydrogen) atoms. The Morgan fingerprint density at radius 1 is 1.48 bits per heavy atom. The van der Waals surface area contributed by atoms with Crippen LogP contribution in [0, 0.1) is 22.0 Å². The topological polar surface area (TPSA) is 78.4 Å². The van der Waals surface area contributed by atoms with E-state index in [1.165, 1.54) is 17.4 Å². The van der Waals surface area contributed by atoms with Gasteiger partial charge in [0.25, 0.3) is 0 Å². The van der Waals surface area contributed by atoms with Crippen LogP contribution in [0.4, 0.5) is 5.69 Å². The zero-order valence-corrected chi connectivity index (χ0v) is 13.2. The van der Waals surface area contributed by atoms with Crippen molar-refractivity contribution in [3.8, 4) is 17.6 Å². The Morgan fingerprint density at radius 2 is 2.29 bits per heavy atom. The molecule has 0 aliphatic rings. The molecule has 0 spiro atoms. The standard InChI is InChI=1S/C14H11BrN2O3S/c15-12-4-1-5-13(17(18)19)14(12)20-8-11-7-10(9-21-11)3-2-6-16/h1,4-5,7,9H,6,8,16H2. The Balaban J connectivity index is 2.13. The lowest BCUT2D eigenvalue weighted by Gasteiger charge is -2.07. The Bertz CT molecular complexity index is 718. The lowest BCUT2D eigenvalue weighted by Crippen LogP contribution is -1.98. The highest BCUT2D eigenvalue weighted by atomic mass is 79.9. The van der Waals surface area contributed by atoms with Gasteiger partial charge in [-0.1, -0.05) is 17.9 Å². The number of nitro benzene ring substituents is 1. The average Bonchev–Trinajstić information content (AvgIpc) is 2.91. The van der Waals surface area contributed by atoms with E-state index in [4.69, 9.17) is 10.5 Å². The SMILES string of the molecule is NCC#Cc1csc(COc2c(Br)cccc2[N+](=O)[O-])c1. The largest absolute Gasteiger partial charge is 0.480 e. The average molecular weight is 367 g/mol. The summed E-state index contributed by atoms with van der Waals surface area (Å²) in [6.07, 6.45) is 0. The minimum atomic E-state index is -0.466. The number of nitro groups is 1. The Labute approximate surface area is 134 Å². The molecule has 1 aromatic carbocycles. The zero-order valence-electron chi connectivity index (χ0n) is 10.8. The molecule has 0 unspecified atom stereocenters. The van der Waals surface area contributed by atoms with E-state index in [2.05, 4.69) is 27.8 Å². The van der Waals surface area contributed by atoms with Crippen molar-refractivity contribution in [2.45, 2.75) is 6.61 Å². The van der Waals surface area contributed by atoms with E-state index in [0.29, 0.717) is 11.0 Å². The molecule has 7 heteroatoms. The smallest absolute Gasteiger partial charge is 0.312 e. The van der Waals surface area contributed by atoms with Gasteiger partial charge in [0.15, 0.2) is 0 Å². The molecular weight excluding hydrogens is 356 g/mol. The highest BCUT2D eigenvalue weighted by molar-refractivity contribution is 9.10. The second-order valence-corrected chi connectivity index (χ2v) is 5.79. The van der Waals surface area contributed by atoms with E-state index in [9.17, 15) is 10.1 Å². The number of rotatable bonds is 4. The predicted octanol–water partition coefficient (Wildman–Crippen LogP) is 3.31. The Hall–Kier alpha value is -1.88. The number of ether oxygens (including phenoxy) is 1. The first-order chi connectivity index (χ1) is 10.1. The molecule has 2 aromatic rings. The Kier molecular flexibility index (Phi) is 5.33. The van der Waals surface area contributed by atoms with E-state index in [1.807, 2.05) is 11.4 Å². The lowest BCUT2D eigenvalue weighted by atomic mass is 10.3. The minimum Gasteiger partial charge on any atom is -0.480 e. The van der Waals surface area contributed by atoms with E-state index < -0.39 is 4.92 Å². The maximum absolute atomic E-state index is 11.0. The second kappa shape index (κ2) is 7.22. The van der Waals surface area contributed by atoms with Gasteiger partial charge in [0.05, 0.1) is 15.9 Å². The molecular formula is C14H11BrN2O3S. The van der Waals surface area contributed by atoms with Crippen LogP contribution >= 0.6 is 27.3 Å². The summed E-state index contributed by atoms with van der Waals surface area (Å²) in [6.45, 7) is 0.559. The van der Waals surface area contributed by atoms with Gasteiger partial charge in [0.2, 0.25) is 5.75 Å². The van der Waals surface area contributed by atoms with Gasteiger partial charge >= 0.3 is 5.69 Å². The molecule has 5 nitrogen and oxygen atoms in total. The number of para-hydroxylation sites is 1. The van der Waals surface area contributed by atoms with Crippen LogP contribution in [-0.2, 0) is 6.61 Å². The van der Waals surface area contributed by atoms with Crippen LogP contribution in [0.25, 0.3) is 0 Å². The van der Waals surface area contributed by atoms with Gasteiger partial charge in [0.1, 0.15) is 6.61 Å². The lowest BCUT2D eigenvalue weighted by molar-refractivity contribution is -0.386. The zero-order chi connectivity index (χ0) is 15.2. The summed E-state index contributed by atoms with van der Waals surface area (Å²) >= 11 is 4.75. The second-order valence-electron chi connectivity index (χ2n) is 3.94. The third kappa shape index (κ3) is 4.04. The molecule has 0 bridgehead atoms. The highest BCUT2D eigenvalue weighted by Gasteiger charge is 2.18. The maximum atomic E-state index is 11.0. The summed E-state index contributed by atoms with van der Waals surface area (Å²) in [5.74, 6) is 5.93. The summed E-state index contributed by atoms with van der Waals surface area (Å²) in [5, 5.41) is 12.9. The van der Waals surface area contributed by atoms with E-state index in [1.54, 1.807) is 12.1 Å². The van der Waals surface area contributed by atoms with Crippen molar-refractivity contribution >= 4 is 33.0 Å². The van der Waals surface area contributed by atoms with Crippen LogP contribution in [0.3, 0.4) is 0 Å². The van der Waals surface area contributed by atoms with E-state index >= 15 is 0 Å². The number of thiophene rings is 1. The van der Waals surface area contributed by atoms with E-state index in [0.717, 1.165) is 10.4 Å². The first-order valence-corrected chi connectivity index (χ1v) is 7.61. The fourth-order valence-corrected chi connectivity index (χ4v) is 2.80. The highest BCUT2D eigenvalue weighted by Crippen LogP contribution is 2.35. The van der Waals surface area contributed by atoms with Crippen LogP contribution in [0.2, 0.25) is 0 Å². The summed E-state index contributed by atoms with van der Waals surface area (Å²) in [5.41, 5.74) is 6.12. The molecule has 0 radical (unpaired) electrons. The Morgan fingerprint density at radius 3 is 3.00 bits per heavy atom. The molecule has 0 aliphatic heterocycles. The van der Waals surface area contributed by atoms with E-state index in [-0.39, 0.29) is 18.0 Å². The van der Waals surface area contributed by atoms with Gasteiger partial charge in [-0.25, -0.2) is 0 Å². The molecule has 0 saturated heterocycles. The van der Waals surface area contributed by atoms with Gasteiger partial charge < -0.3 is 10.5 Å².